The third-order valence-corrected chi connectivity index (χ3v) is 3.09. The molecule has 0 spiro atoms. The van der Waals surface area contributed by atoms with Crippen molar-refractivity contribution in [1.29, 1.82) is 0 Å². The van der Waals surface area contributed by atoms with Gasteiger partial charge in [-0.1, -0.05) is 17.2 Å². The molecule has 1 heterocycles. The first-order valence-corrected chi connectivity index (χ1v) is 6.52. The highest BCUT2D eigenvalue weighted by molar-refractivity contribution is 5.85. The van der Waals surface area contributed by atoms with E-state index in [0.29, 0.717) is 6.54 Å². The number of aromatic nitrogens is 1. The number of pyridine rings is 1. The zero-order chi connectivity index (χ0) is 15.2. The zero-order valence-corrected chi connectivity index (χ0v) is 11.7. The molecule has 3 N–H and O–H groups in total. The van der Waals surface area contributed by atoms with Crippen LogP contribution in [0, 0.1) is 6.92 Å². The summed E-state index contributed by atoms with van der Waals surface area (Å²) >= 11 is 0. The molecule has 1 amide bonds. The lowest BCUT2D eigenvalue weighted by Gasteiger charge is -2.15. The maximum Gasteiger partial charge on any atom is 0.239 e. The number of hydrogen-bond donors (Lipinski definition) is 2. The highest BCUT2D eigenvalue weighted by Crippen LogP contribution is 2.19. The summed E-state index contributed by atoms with van der Waals surface area (Å²) < 4.78 is 0. The molecule has 0 saturated heterocycles. The second kappa shape index (κ2) is 6.69. The Labute approximate surface area is 121 Å². The van der Waals surface area contributed by atoms with Gasteiger partial charge in [-0.15, -0.1) is 0 Å². The van der Waals surface area contributed by atoms with E-state index in [1.54, 1.807) is 0 Å². The van der Waals surface area contributed by atoms with E-state index in [-0.39, 0.29) is 6.54 Å². The first kappa shape index (κ1) is 14.8. The van der Waals surface area contributed by atoms with Crippen LogP contribution in [0.3, 0.4) is 0 Å². The number of primary amides is 1. The van der Waals surface area contributed by atoms with Gasteiger partial charge in [-0.25, -0.2) is 0 Å². The van der Waals surface area contributed by atoms with Crippen molar-refractivity contribution >= 4 is 16.8 Å². The number of nitrogens with one attached hydrogen (secondary N) is 1. The van der Waals surface area contributed by atoms with Crippen LogP contribution < -0.4 is 11.1 Å². The van der Waals surface area contributed by atoms with Gasteiger partial charge in [0.05, 0.1) is 5.52 Å². The lowest BCUT2D eigenvalue weighted by atomic mass is 10.0. The lowest BCUT2D eigenvalue weighted by Crippen LogP contribution is -2.34. The molecule has 0 saturated carbocycles. The van der Waals surface area contributed by atoms with Crippen LogP contribution in [0.2, 0.25) is 0 Å². The van der Waals surface area contributed by atoms with Crippen molar-refractivity contribution in [3.8, 4) is 0 Å². The van der Waals surface area contributed by atoms with Crippen molar-refractivity contribution in [1.82, 2.24) is 10.3 Å². The number of amides is 1. The summed E-state index contributed by atoms with van der Waals surface area (Å²) in [4.78, 5) is 18.7. The minimum Gasteiger partial charge on any atom is -0.368 e. The first-order chi connectivity index (χ1) is 10.1. The topological polar surface area (TPSA) is 117 Å². The van der Waals surface area contributed by atoms with E-state index in [2.05, 4.69) is 20.3 Å². The Balaban J connectivity index is 2.25. The number of carbonyl (C=O) groups excluding carboxylic acids is 1. The molecule has 0 aliphatic rings. The maximum absolute atomic E-state index is 11.6. The van der Waals surface area contributed by atoms with Gasteiger partial charge in [0.15, 0.2) is 0 Å². The normalized spacial score (nSPS) is 11.9. The number of rotatable bonds is 6. The van der Waals surface area contributed by atoms with Gasteiger partial charge in [-0.3, -0.25) is 9.78 Å². The molecule has 0 aliphatic carbocycles. The molecule has 1 aromatic heterocycles. The summed E-state index contributed by atoms with van der Waals surface area (Å²) in [7, 11) is 0. The molecule has 7 nitrogen and oxygen atoms in total. The Bertz CT molecular complexity index is 708. The quantitative estimate of drug-likeness (QED) is 0.365. The van der Waals surface area contributed by atoms with Crippen LogP contribution in [-0.2, 0) is 4.79 Å². The number of fused-ring (bicyclic) bond motifs is 1. The molecule has 0 radical (unpaired) electrons. The van der Waals surface area contributed by atoms with Gasteiger partial charge in [-0.05, 0) is 36.2 Å². The molecule has 2 rings (SSSR count). The van der Waals surface area contributed by atoms with E-state index in [1.807, 2.05) is 37.3 Å². The second-order valence-electron chi connectivity index (χ2n) is 4.65. The van der Waals surface area contributed by atoms with E-state index >= 15 is 0 Å². The summed E-state index contributed by atoms with van der Waals surface area (Å²) in [5, 5.41) is 7.34. The van der Waals surface area contributed by atoms with Crippen LogP contribution in [0.15, 0.2) is 35.4 Å². The molecule has 108 valence electrons. The molecule has 0 bridgehead atoms. The third-order valence-electron chi connectivity index (χ3n) is 3.09. The van der Waals surface area contributed by atoms with Crippen molar-refractivity contribution in [2.75, 3.05) is 13.1 Å². The molecule has 7 heteroatoms. The zero-order valence-electron chi connectivity index (χ0n) is 11.7. The number of azide groups is 1. The molecule has 2 aromatic rings. The number of benzene rings is 1. The summed E-state index contributed by atoms with van der Waals surface area (Å²) in [5.74, 6) is -0.477. The van der Waals surface area contributed by atoms with Crippen LogP contribution in [0.1, 0.15) is 17.3 Å². The van der Waals surface area contributed by atoms with Crippen molar-refractivity contribution < 1.29 is 4.79 Å². The number of nitrogens with two attached hydrogens (primary N) is 1. The lowest BCUT2D eigenvalue weighted by molar-refractivity contribution is -0.120. The van der Waals surface area contributed by atoms with E-state index in [0.717, 1.165) is 22.2 Å². The van der Waals surface area contributed by atoms with Crippen LogP contribution in [0.4, 0.5) is 0 Å². The standard InChI is InChI=1S/C14H16N6O/c1-9-2-3-10-8-11(4-5-12(10)19-9)13(14(15)21)17-6-7-18-20-16/h2-5,8,13,17H,6-7H2,1H3,(H2,15,21). The van der Waals surface area contributed by atoms with E-state index in [1.165, 1.54) is 0 Å². The number of aryl methyl sites for hydroxylation is 1. The maximum atomic E-state index is 11.6. The summed E-state index contributed by atoms with van der Waals surface area (Å²) in [5.41, 5.74) is 16.2. The molecule has 1 unspecified atom stereocenters. The Kier molecular flexibility index (Phi) is 4.71. The van der Waals surface area contributed by atoms with Crippen LogP contribution in [0.5, 0.6) is 0 Å². The summed E-state index contributed by atoms with van der Waals surface area (Å²) in [6.07, 6.45) is 0. The highest BCUT2D eigenvalue weighted by Gasteiger charge is 2.17. The van der Waals surface area contributed by atoms with Gasteiger partial charge in [0.1, 0.15) is 6.04 Å². The van der Waals surface area contributed by atoms with E-state index in [9.17, 15) is 4.79 Å². The Morgan fingerprint density at radius 2 is 2.29 bits per heavy atom. The molecule has 1 atom stereocenters. The molecule has 0 aliphatic heterocycles. The Hall–Kier alpha value is -2.63. The van der Waals surface area contributed by atoms with Gasteiger partial charge in [0.2, 0.25) is 5.91 Å². The van der Waals surface area contributed by atoms with E-state index < -0.39 is 11.9 Å². The molecule has 21 heavy (non-hydrogen) atoms. The predicted molar refractivity (Wildman–Crippen MR) is 80.4 cm³/mol. The molecule has 1 aromatic carbocycles. The van der Waals surface area contributed by atoms with Crippen LogP contribution in [0.25, 0.3) is 21.3 Å². The average molecular weight is 284 g/mol. The molecular weight excluding hydrogens is 268 g/mol. The summed E-state index contributed by atoms with van der Waals surface area (Å²) in [6, 6.07) is 8.83. The fraction of sp³-hybridized carbons (Fsp3) is 0.286. The molecular formula is C14H16N6O. The third kappa shape index (κ3) is 3.68. The van der Waals surface area contributed by atoms with Crippen molar-refractivity contribution in [3.05, 3.63) is 52.0 Å². The SMILES string of the molecule is Cc1ccc2cc(C(NCCN=[N+]=[N-])C(N)=O)ccc2n1. The van der Waals surface area contributed by atoms with Crippen molar-refractivity contribution in [3.63, 3.8) is 0 Å². The van der Waals surface area contributed by atoms with Crippen LogP contribution >= 0.6 is 0 Å². The largest absolute Gasteiger partial charge is 0.368 e. The fourth-order valence-corrected chi connectivity index (χ4v) is 2.11. The van der Waals surface area contributed by atoms with Crippen molar-refractivity contribution in [2.24, 2.45) is 10.8 Å². The first-order valence-electron chi connectivity index (χ1n) is 6.52. The number of nitrogens with zero attached hydrogens (tertiary/aromatic N) is 4. The highest BCUT2D eigenvalue weighted by atomic mass is 16.1. The van der Waals surface area contributed by atoms with Crippen LogP contribution in [-0.4, -0.2) is 24.0 Å². The number of hydrogen-bond acceptors (Lipinski definition) is 4. The molecule has 0 fully saturated rings. The van der Waals surface area contributed by atoms with Gasteiger partial charge >= 0.3 is 0 Å². The predicted octanol–water partition coefficient (Wildman–Crippen LogP) is 1.97. The van der Waals surface area contributed by atoms with Gasteiger partial charge < -0.3 is 11.1 Å². The minimum atomic E-state index is -0.621. The van der Waals surface area contributed by atoms with E-state index in [4.69, 9.17) is 11.3 Å². The van der Waals surface area contributed by atoms with Gasteiger partial charge in [0, 0.05) is 29.1 Å². The van der Waals surface area contributed by atoms with Gasteiger partial charge in [-0.2, -0.15) is 0 Å². The second-order valence-corrected chi connectivity index (χ2v) is 4.65. The minimum absolute atomic E-state index is 0.259. The smallest absolute Gasteiger partial charge is 0.239 e. The average Bonchev–Trinajstić information content (AvgIpc) is 2.46. The van der Waals surface area contributed by atoms with Gasteiger partial charge in [0.25, 0.3) is 0 Å². The fourth-order valence-electron chi connectivity index (χ4n) is 2.11. The monoisotopic (exact) mass is 284 g/mol. The number of carbonyl (C=O) groups is 1. The van der Waals surface area contributed by atoms with Crippen molar-refractivity contribution in [2.45, 2.75) is 13.0 Å². The Morgan fingerprint density at radius 3 is 3.00 bits per heavy atom. The Morgan fingerprint density at radius 1 is 1.48 bits per heavy atom. The summed E-state index contributed by atoms with van der Waals surface area (Å²) in [6.45, 7) is 2.56.